The summed E-state index contributed by atoms with van der Waals surface area (Å²) in [7, 11) is 0. The number of aromatic amines is 1. The number of carboxylic acids is 1. The Kier molecular flexibility index (Phi) is 3.92. The molecule has 0 spiro atoms. The highest BCUT2D eigenvalue weighted by molar-refractivity contribution is 5.93. The van der Waals surface area contributed by atoms with Gasteiger partial charge in [-0.1, -0.05) is 38.5 Å². The molecule has 0 radical (unpaired) electrons. The number of fused-ring (bicyclic) bond motifs is 1. The maximum Gasteiger partial charge on any atom is 0.352 e. The Hall–Kier alpha value is -1.77. The third-order valence-corrected chi connectivity index (χ3v) is 1.76. The highest BCUT2D eigenvalue weighted by atomic mass is 16.4. The van der Waals surface area contributed by atoms with Gasteiger partial charge in [0.2, 0.25) is 0 Å². The molecule has 1 aromatic carbocycles. The van der Waals surface area contributed by atoms with Crippen molar-refractivity contribution in [3.8, 4) is 0 Å². The molecule has 1 aromatic heterocycles. The smallest absolute Gasteiger partial charge is 0.352 e. The van der Waals surface area contributed by atoms with Crippen LogP contribution in [0.4, 0.5) is 0 Å². The molecule has 0 unspecified atom stereocenters. The lowest BCUT2D eigenvalue weighted by Crippen LogP contribution is -1.94. The first kappa shape index (κ1) is 11.3. The summed E-state index contributed by atoms with van der Waals surface area (Å²) in [6.45, 7) is 4.25. The van der Waals surface area contributed by atoms with E-state index >= 15 is 0 Å². The molecule has 15 heavy (non-hydrogen) atoms. The standard InChI is InChI=1S/C9H7NO2.C3H8/c11-9(12)8-5-6-3-1-2-4-7(6)10-8;1-3-2/h1-5,10H,(H,11,12);3H2,1-2H3. The van der Waals surface area contributed by atoms with Crippen molar-refractivity contribution in [1.29, 1.82) is 0 Å². The zero-order chi connectivity index (χ0) is 11.3. The van der Waals surface area contributed by atoms with Crippen molar-refractivity contribution in [2.24, 2.45) is 0 Å². The maximum atomic E-state index is 10.5. The van der Waals surface area contributed by atoms with Crippen LogP contribution in [0.3, 0.4) is 0 Å². The number of carboxylic acid groups (broad SMARTS) is 1. The van der Waals surface area contributed by atoms with E-state index in [1.54, 1.807) is 6.07 Å². The quantitative estimate of drug-likeness (QED) is 0.750. The van der Waals surface area contributed by atoms with Crippen LogP contribution in [0, 0.1) is 0 Å². The van der Waals surface area contributed by atoms with Gasteiger partial charge in [-0.25, -0.2) is 4.79 Å². The number of aromatic carboxylic acids is 1. The molecule has 2 rings (SSSR count). The molecule has 0 fully saturated rings. The summed E-state index contributed by atoms with van der Waals surface area (Å²) in [6.07, 6.45) is 1.25. The molecule has 0 amide bonds. The summed E-state index contributed by atoms with van der Waals surface area (Å²) < 4.78 is 0. The number of nitrogens with one attached hydrogen (secondary N) is 1. The minimum absolute atomic E-state index is 0.233. The fourth-order valence-corrected chi connectivity index (χ4v) is 1.19. The molecule has 0 aliphatic rings. The largest absolute Gasteiger partial charge is 0.477 e. The molecule has 0 aliphatic carbocycles. The van der Waals surface area contributed by atoms with E-state index in [0.29, 0.717) is 0 Å². The third kappa shape index (κ3) is 2.84. The minimum atomic E-state index is -0.925. The molecule has 0 aliphatic heterocycles. The Morgan fingerprint density at radius 3 is 2.47 bits per heavy atom. The van der Waals surface area contributed by atoms with E-state index in [1.165, 1.54) is 6.42 Å². The van der Waals surface area contributed by atoms with Gasteiger partial charge in [-0.2, -0.15) is 0 Å². The first-order valence-corrected chi connectivity index (χ1v) is 5.00. The summed E-state index contributed by atoms with van der Waals surface area (Å²) in [4.78, 5) is 13.3. The molecule has 0 saturated heterocycles. The summed E-state index contributed by atoms with van der Waals surface area (Å²) in [5.41, 5.74) is 1.09. The van der Waals surface area contributed by atoms with Gasteiger partial charge in [0.05, 0.1) is 0 Å². The number of hydrogen-bond acceptors (Lipinski definition) is 1. The minimum Gasteiger partial charge on any atom is -0.477 e. The predicted octanol–water partition coefficient (Wildman–Crippen LogP) is 3.28. The summed E-state index contributed by atoms with van der Waals surface area (Å²) in [5, 5.41) is 9.58. The van der Waals surface area contributed by atoms with Gasteiger partial charge < -0.3 is 10.1 Å². The molecular weight excluding hydrogens is 190 g/mol. The molecule has 1 heterocycles. The van der Waals surface area contributed by atoms with E-state index in [9.17, 15) is 4.79 Å². The number of rotatable bonds is 1. The molecule has 0 bridgehead atoms. The van der Waals surface area contributed by atoms with Gasteiger partial charge in [-0.05, 0) is 12.1 Å². The average Bonchev–Trinajstić information content (AvgIpc) is 2.62. The second kappa shape index (κ2) is 5.20. The van der Waals surface area contributed by atoms with Gasteiger partial charge in [0.15, 0.2) is 0 Å². The van der Waals surface area contributed by atoms with Crippen molar-refractivity contribution in [3.63, 3.8) is 0 Å². The average molecular weight is 205 g/mol. The summed E-state index contributed by atoms with van der Waals surface area (Å²) in [5.74, 6) is -0.925. The van der Waals surface area contributed by atoms with Gasteiger partial charge >= 0.3 is 5.97 Å². The van der Waals surface area contributed by atoms with Crippen LogP contribution in [-0.2, 0) is 0 Å². The number of carbonyl (C=O) groups is 1. The Balaban J connectivity index is 0.000000337. The predicted molar refractivity (Wildman–Crippen MR) is 61.2 cm³/mol. The number of aromatic nitrogens is 1. The first-order chi connectivity index (χ1) is 7.19. The van der Waals surface area contributed by atoms with Crippen LogP contribution < -0.4 is 0 Å². The number of benzene rings is 1. The molecular formula is C12H15NO2. The molecule has 2 aromatic rings. The Labute approximate surface area is 88.7 Å². The van der Waals surface area contributed by atoms with Crippen LogP contribution in [0.1, 0.15) is 30.8 Å². The lowest BCUT2D eigenvalue weighted by Gasteiger charge is -1.84. The Morgan fingerprint density at radius 2 is 1.93 bits per heavy atom. The van der Waals surface area contributed by atoms with Crippen LogP contribution in [-0.4, -0.2) is 16.1 Å². The zero-order valence-electron chi connectivity index (χ0n) is 8.95. The molecule has 3 nitrogen and oxygen atoms in total. The number of H-pyrrole nitrogens is 1. The monoisotopic (exact) mass is 205 g/mol. The van der Waals surface area contributed by atoms with Crippen molar-refractivity contribution >= 4 is 16.9 Å². The van der Waals surface area contributed by atoms with Crippen molar-refractivity contribution in [2.75, 3.05) is 0 Å². The second-order valence-electron chi connectivity index (χ2n) is 3.28. The summed E-state index contributed by atoms with van der Waals surface area (Å²) in [6, 6.07) is 9.09. The number of hydrogen-bond donors (Lipinski definition) is 2. The topological polar surface area (TPSA) is 53.1 Å². The highest BCUT2D eigenvalue weighted by Crippen LogP contribution is 2.13. The van der Waals surface area contributed by atoms with E-state index in [0.717, 1.165) is 10.9 Å². The lowest BCUT2D eigenvalue weighted by atomic mass is 10.2. The van der Waals surface area contributed by atoms with E-state index in [2.05, 4.69) is 18.8 Å². The van der Waals surface area contributed by atoms with Crippen LogP contribution in [0.5, 0.6) is 0 Å². The highest BCUT2D eigenvalue weighted by Gasteiger charge is 2.05. The maximum absolute atomic E-state index is 10.5. The van der Waals surface area contributed by atoms with E-state index in [1.807, 2.05) is 24.3 Å². The van der Waals surface area contributed by atoms with E-state index in [-0.39, 0.29) is 5.69 Å². The second-order valence-corrected chi connectivity index (χ2v) is 3.28. The van der Waals surface area contributed by atoms with Crippen molar-refractivity contribution in [1.82, 2.24) is 4.98 Å². The van der Waals surface area contributed by atoms with Crippen LogP contribution in [0.25, 0.3) is 10.9 Å². The van der Waals surface area contributed by atoms with Crippen molar-refractivity contribution in [3.05, 3.63) is 36.0 Å². The molecule has 0 atom stereocenters. The Bertz CT molecular complexity index is 413. The zero-order valence-corrected chi connectivity index (χ0v) is 8.95. The lowest BCUT2D eigenvalue weighted by molar-refractivity contribution is 0.0691. The fourth-order valence-electron chi connectivity index (χ4n) is 1.19. The number of para-hydroxylation sites is 1. The first-order valence-electron chi connectivity index (χ1n) is 5.00. The van der Waals surface area contributed by atoms with Gasteiger partial charge in [-0.15, -0.1) is 0 Å². The van der Waals surface area contributed by atoms with E-state index < -0.39 is 5.97 Å². The van der Waals surface area contributed by atoms with Crippen molar-refractivity contribution < 1.29 is 9.90 Å². The normalized spacial score (nSPS) is 9.47. The van der Waals surface area contributed by atoms with Gasteiger partial charge in [-0.3, -0.25) is 0 Å². The summed E-state index contributed by atoms with van der Waals surface area (Å²) >= 11 is 0. The fraction of sp³-hybridized carbons (Fsp3) is 0.250. The Morgan fingerprint density at radius 1 is 1.33 bits per heavy atom. The molecule has 2 N–H and O–H groups in total. The van der Waals surface area contributed by atoms with Gasteiger partial charge in [0, 0.05) is 10.9 Å². The SMILES string of the molecule is CCC.O=C(O)c1cc2ccccc2[nH]1. The molecule has 3 heteroatoms. The third-order valence-electron chi connectivity index (χ3n) is 1.76. The van der Waals surface area contributed by atoms with Crippen LogP contribution in [0.2, 0.25) is 0 Å². The van der Waals surface area contributed by atoms with Gasteiger partial charge in [0.25, 0.3) is 0 Å². The molecule has 80 valence electrons. The van der Waals surface area contributed by atoms with E-state index in [4.69, 9.17) is 5.11 Å². The molecule has 0 saturated carbocycles. The van der Waals surface area contributed by atoms with Crippen LogP contribution >= 0.6 is 0 Å². The van der Waals surface area contributed by atoms with Crippen LogP contribution in [0.15, 0.2) is 30.3 Å². The van der Waals surface area contributed by atoms with Crippen molar-refractivity contribution in [2.45, 2.75) is 20.3 Å². The van der Waals surface area contributed by atoms with Gasteiger partial charge in [0.1, 0.15) is 5.69 Å².